The second-order valence-electron chi connectivity index (χ2n) is 6.53. The molecule has 142 valence electrons. The molecule has 2 aromatic carbocycles. The Balaban J connectivity index is 1.58. The number of carbonyl (C=O) groups excluding carboxylic acids is 1. The Morgan fingerprint density at radius 3 is 2.71 bits per heavy atom. The highest BCUT2D eigenvalue weighted by atomic mass is 35.5. The van der Waals surface area contributed by atoms with E-state index < -0.39 is 0 Å². The van der Waals surface area contributed by atoms with Crippen LogP contribution in [0.3, 0.4) is 0 Å². The third-order valence-corrected chi connectivity index (χ3v) is 4.93. The quantitative estimate of drug-likeness (QED) is 0.552. The predicted molar refractivity (Wildman–Crippen MR) is 108 cm³/mol. The van der Waals surface area contributed by atoms with Gasteiger partial charge in [-0.3, -0.25) is 14.2 Å². The van der Waals surface area contributed by atoms with Gasteiger partial charge in [-0.25, -0.2) is 4.98 Å². The summed E-state index contributed by atoms with van der Waals surface area (Å²) in [4.78, 5) is 29.6. The minimum atomic E-state index is -0.379. The molecule has 0 saturated heterocycles. The summed E-state index contributed by atoms with van der Waals surface area (Å²) in [6.45, 7) is 1.84. The molecule has 0 saturated carbocycles. The van der Waals surface area contributed by atoms with Gasteiger partial charge in [-0.05, 0) is 36.2 Å². The molecule has 0 aliphatic heterocycles. The van der Waals surface area contributed by atoms with Crippen LogP contribution in [0.4, 0.5) is 0 Å². The first-order valence-corrected chi connectivity index (χ1v) is 9.36. The molecule has 0 aliphatic rings. The molecule has 0 bridgehead atoms. The molecule has 2 heterocycles. The van der Waals surface area contributed by atoms with Gasteiger partial charge in [-0.15, -0.1) is 0 Å². The van der Waals surface area contributed by atoms with Crippen molar-refractivity contribution in [3.05, 3.63) is 75.8 Å². The van der Waals surface area contributed by atoms with Crippen molar-refractivity contribution in [1.82, 2.24) is 14.9 Å². The van der Waals surface area contributed by atoms with Crippen molar-refractivity contribution < 1.29 is 9.21 Å². The number of nitrogens with one attached hydrogen (secondary N) is 1. The number of hydrogen-bond acceptors (Lipinski definition) is 4. The summed E-state index contributed by atoms with van der Waals surface area (Å²) in [5.74, 6) is -0.277. The summed E-state index contributed by atoms with van der Waals surface area (Å²) in [5.41, 5.74) is 1.83. The number of hydrogen-bond donors (Lipinski definition) is 1. The Bertz CT molecular complexity index is 1210. The maximum Gasteiger partial charge on any atom is 0.297 e. The summed E-state index contributed by atoms with van der Waals surface area (Å²) < 4.78 is 6.91. The number of furan rings is 1. The lowest BCUT2D eigenvalue weighted by atomic mass is 10.0. The molecule has 0 radical (unpaired) electrons. The third kappa shape index (κ3) is 3.39. The van der Waals surface area contributed by atoms with Crippen molar-refractivity contribution in [2.75, 3.05) is 0 Å². The molecule has 0 spiro atoms. The maximum absolute atomic E-state index is 12.7. The molecule has 1 amide bonds. The van der Waals surface area contributed by atoms with E-state index in [1.165, 1.54) is 10.9 Å². The van der Waals surface area contributed by atoms with Gasteiger partial charge in [0.1, 0.15) is 17.6 Å². The standard InChI is InChI=1S/C21H18ClN3O3/c1-2-16(13-7-9-14(22)10-8-13)24-18(26)11-25-12-23-19-15-5-3-4-6-17(15)28-20(19)21(25)27/h3-10,12,16H,2,11H2,1H3,(H,24,26). The van der Waals surface area contributed by atoms with Crippen LogP contribution in [-0.2, 0) is 11.3 Å². The van der Waals surface area contributed by atoms with Crippen LogP contribution in [0, 0.1) is 0 Å². The van der Waals surface area contributed by atoms with Gasteiger partial charge in [0.25, 0.3) is 5.56 Å². The first kappa shape index (κ1) is 18.3. The van der Waals surface area contributed by atoms with Crippen LogP contribution in [-0.4, -0.2) is 15.5 Å². The van der Waals surface area contributed by atoms with Crippen molar-refractivity contribution in [2.24, 2.45) is 0 Å². The van der Waals surface area contributed by atoms with Crippen LogP contribution in [0.1, 0.15) is 24.9 Å². The molecule has 7 heteroatoms. The van der Waals surface area contributed by atoms with Crippen LogP contribution < -0.4 is 10.9 Å². The number of benzene rings is 2. The zero-order valence-electron chi connectivity index (χ0n) is 15.2. The summed E-state index contributed by atoms with van der Waals surface area (Å²) in [6, 6.07) is 14.5. The number of aromatic nitrogens is 2. The zero-order chi connectivity index (χ0) is 19.7. The molecule has 0 aliphatic carbocycles. The fraction of sp³-hybridized carbons (Fsp3) is 0.190. The monoisotopic (exact) mass is 395 g/mol. The number of nitrogens with zero attached hydrogens (tertiary/aromatic N) is 2. The van der Waals surface area contributed by atoms with Gasteiger partial charge in [0.05, 0.1) is 12.4 Å². The number of fused-ring (bicyclic) bond motifs is 3. The van der Waals surface area contributed by atoms with Crippen molar-refractivity contribution >= 4 is 39.6 Å². The highest BCUT2D eigenvalue weighted by Gasteiger charge is 2.17. The van der Waals surface area contributed by atoms with Gasteiger partial charge in [0.2, 0.25) is 11.5 Å². The summed E-state index contributed by atoms with van der Waals surface area (Å²) >= 11 is 5.93. The lowest BCUT2D eigenvalue weighted by molar-refractivity contribution is -0.122. The maximum atomic E-state index is 12.7. The van der Waals surface area contributed by atoms with Gasteiger partial charge in [-0.1, -0.05) is 42.8 Å². The molecular formula is C21H18ClN3O3. The van der Waals surface area contributed by atoms with Crippen LogP contribution in [0.5, 0.6) is 0 Å². The summed E-state index contributed by atoms with van der Waals surface area (Å²) in [6.07, 6.45) is 2.10. The van der Waals surface area contributed by atoms with Gasteiger partial charge in [0, 0.05) is 10.4 Å². The van der Waals surface area contributed by atoms with Gasteiger partial charge < -0.3 is 9.73 Å². The Morgan fingerprint density at radius 2 is 1.96 bits per heavy atom. The molecule has 4 rings (SSSR count). The third-order valence-electron chi connectivity index (χ3n) is 4.68. The SMILES string of the molecule is CCC(NC(=O)Cn1cnc2c(oc3ccccc32)c1=O)c1ccc(Cl)cc1. The topological polar surface area (TPSA) is 77.1 Å². The molecule has 4 aromatic rings. The predicted octanol–water partition coefficient (Wildman–Crippen LogP) is 4.06. The Labute approximate surface area is 165 Å². The minimum Gasteiger partial charge on any atom is -0.448 e. The smallest absolute Gasteiger partial charge is 0.297 e. The first-order valence-electron chi connectivity index (χ1n) is 8.98. The van der Waals surface area contributed by atoms with Crippen molar-refractivity contribution in [2.45, 2.75) is 25.9 Å². The van der Waals surface area contributed by atoms with Crippen molar-refractivity contribution in [1.29, 1.82) is 0 Å². The Hall–Kier alpha value is -3.12. The largest absolute Gasteiger partial charge is 0.448 e. The average Bonchev–Trinajstić information content (AvgIpc) is 3.09. The van der Waals surface area contributed by atoms with E-state index in [9.17, 15) is 9.59 Å². The number of amides is 1. The average molecular weight is 396 g/mol. The van der Waals surface area contributed by atoms with Gasteiger partial charge in [0.15, 0.2) is 0 Å². The normalized spacial score (nSPS) is 12.4. The molecule has 1 unspecified atom stereocenters. The fourth-order valence-corrected chi connectivity index (χ4v) is 3.36. The summed E-state index contributed by atoms with van der Waals surface area (Å²) in [5, 5.41) is 4.37. The number of para-hydroxylation sites is 1. The molecule has 2 aromatic heterocycles. The first-order chi connectivity index (χ1) is 13.6. The Morgan fingerprint density at radius 1 is 1.21 bits per heavy atom. The number of rotatable bonds is 5. The van der Waals surface area contributed by atoms with Gasteiger partial charge >= 0.3 is 0 Å². The lowest BCUT2D eigenvalue weighted by Crippen LogP contribution is -2.34. The second-order valence-corrected chi connectivity index (χ2v) is 6.97. The van der Waals surface area contributed by atoms with Crippen LogP contribution in [0.25, 0.3) is 22.1 Å². The van der Waals surface area contributed by atoms with Crippen molar-refractivity contribution in [3.63, 3.8) is 0 Å². The van der Waals surface area contributed by atoms with Crippen LogP contribution >= 0.6 is 11.6 Å². The van der Waals surface area contributed by atoms with Gasteiger partial charge in [-0.2, -0.15) is 0 Å². The van der Waals surface area contributed by atoms with E-state index in [0.717, 1.165) is 10.9 Å². The van der Waals surface area contributed by atoms with E-state index in [0.29, 0.717) is 22.5 Å². The van der Waals surface area contributed by atoms with Crippen LogP contribution in [0.2, 0.25) is 5.02 Å². The molecule has 1 N–H and O–H groups in total. The van der Waals surface area contributed by atoms with E-state index in [4.69, 9.17) is 16.0 Å². The molecular weight excluding hydrogens is 378 g/mol. The van der Waals surface area contributed by atoms with E-state index >= 15 is 0 Å². The lowest BCUT2D eigenvalue weighted by Gasteiger charge is -2.18. The Kier molecular flexibility index (Phi) is 4.88. The summed E-state index contributed by atoms with van der Waals surface area (Å²) in [7, 11) is 0. The highest BCUT2D eigenvalue weighted by Crippen LogP contribution is 2.24. The molecule has 6 nitrogen and oxygen atoms in total. The zero-order valence-corrected chi connectivity index (χ0v) is 15.9. The minimum absolute atomic E-state index is 0.136. The highest BCUT2D eigenvalue weighted by molar-refractivity contribution is 6.30. The van der Waals surface area contributed by atoms with Crippen LogP contribution in [0.15, 0.2) is 64.1 Å². The molecule has 0 fully saturated rings. The molecule has 1 atom stereocenters. The van der Waals surface area contributed by atoms with E-state index in [1.54, 1.807) is 18.2 Å². The second kappa shape index (κ2) is 7.48. The number of carbonyl (C=O) groups is 1. The van der Waals surface area contributed by atoms with E-state index in [2.05, 4.69) is 10.3 Å². The number of halogens is 1. The van der Waals surface area contributed by atoms with Crippen molar-refractivity contribution in [3.8, 4) is 0 Å². The molecule has 28 heavy (non-hydrogen) atoms. The fourth-order valence-electron chi connectivity index (χ4n) is 3.24. The van der Waals surface area contributed by atoms with E-state index in [1.807, 2.05) is 37.3 Å². The van der Waals surface area contributed by atoms with E-state index in [-0.39, 0.29) is 29.6 Å².